The van der Waals surface area contributed by atoms with Crippen LogP contribution in [-0.4, -0.2) is 66.2 Å². The average Bonchev–Trinajstić information content (AvgIpc) is 3.50. The summed E-state index contributed by atoms with van der Waals surface area (Å²) in [5.74, 6) is 1.44. The van der Waals surface area contributed by atoms with Crippen molar-refractivity contribution in [2.45, 2.75) is 46.1 Å². The van der Waals surface area contributed by atoms with Crippen LogP contribution in [0.15, 0.2) is 42.5 Å². The summed E-state index contributed by atoms with van der Waals surface area (Å²) in [6, 6.07) is 14.9. The van der Waals surface area contributed by atoms with Crippen molar-refractivity contribution >= 4 is 11.6 Å². The van der Waals surface area contributed by atoms with Gasteiger partial charge in [-0.15, -0.1) is 0 Å². The van der Waals surface area contributed by atoms with E-state index in [1.54, 1.807) is 0 Å². The predicted molar refractivity (Wildman–Crippen MR) is 135 cm³/mol. The number of piperazine rings is 1. The second-order valence-electron chi connectivity index (χ2n) is 10.2. The van der Waals surface area contributed by atoms with E-state index in [1.807, 2.05) is 32.0 Å². The second kappa shape index (κ2) is 10.8. The summed E-state index contributed by atoms with van der Waals surface area (Å²) in [6.45, 7) is 10.9. The Morgan fingerprint density at radius 3 is 2.27 bits per heavy atom. The highest BCUT2D eigenvalue weighted by molar-refractivity contribution is 5.93. The maximum atomic E-state index is 12.5. The molecule has 178 valence electrons. The van der Waals surface area contributed by atoms with Gasteiger partial charge in [0.25, 0.3) is 0 Å². The Balaban J connectivity index is 1.13. The summed E-state index contributed by atoms with van der Waals surface area (Å²) in [4.78, 5) is 17.1. The van der Waals surface area contributed by atoms with Crippen LogP contribution in [0, 0.1) is 32.6 Å². The maximum Gasteiger partial charge on any atom is 0.238 e. The number of hydrogen-bond acceptors (Lipinski definition) is 4. The molecule has 2 fully saturated rings. The van der Waals surface area contributed by atoms with Crippen LogP contribution in [0.4, 0.5) is 5.69 Å². The van der Waals surface area contributed by atoms with Crippen LogP contribution in [0.2, 0.25) is 0 Å². The van der Waals surface area contributed by atoms with Crippen LogP contribution < -0.4 is 5.32 Å². The molecular formula is C28H39N3O2. The van der Waals surface area contributed by atoms with Crippen molar-refractivity contribution in [1.82, 2.24) is 9.80 Å². The summed E-state index contributed by atoms with van der Waals surface area (Å²) in [6.07, 6.45) is 3.04. The van der Waals surface area contributed by atoms with E-state index < -0.39 is 0 Å². The molecule has 0 aromatic heterocycles. The number of para-hydroxylation sites is 1. The molecule has 1 amide bonds. The second-order valence-corrected chi connectivity index (χ2v) is 10.2. The Morgan fingerprint density at radius 2 is 1.61 bits per heavy atom. The predicted octanol–water partition coefficient (Wildman–Crippen LogP) is 3.80. The number of carbonyl (C=O) groups excluding carboxylic acids is 1. The zero-order chi connectivity index (χ0) is 23.4. The summed E-state index contributed by atoms with van der Waals surface area (Å²) in [5, 5.41) is 13.7. The molecule has 3 unspecified atom stereocenters. The van der Waals surface area contributed by atoms with Crippen molar-refractivity contribution in [1.29, 1.82) is 0 Å². The number of β-amino-alcohol motifs (C(OH)–C–C–N with tert-alkyl or cyclic N) is 1. The summed E-state index contributed by atoms with van der Waals surface area (Å²) in [5.41, 5.74) is 5.85. The molecule has 3 atom stereocenters. The van der Waals surface area contributed by atoms with E-state index in [-0.39, 0.29) is 12.0 Å². The van der Waals surface area contributed by atoms with E-state index in [4.69, 9.17) is 0 Å². The first-order valence-electron chi connectivity index (χ1n) is 12.4. The fourth-order valence-electron chi connectivity index (χ4n) is 5.12. The normalized spacial score (nSPS) is 22.2. The standard InChI is InChI=1S/C28H39N3O2/c1-20-7-9-23(10-8-20)15-24-16-25(24)17-26(32)18-30-11-13-31(14-12-30)19-27(33)29-28-21(2)5-4-6-22(28)3/h4-10,24-26,32H,11-19H2,1-3H3,(H,29,33). The van der Waals surface area contributed by atoms with E-state index >= 15 is 0 Å². The first-order valence-corrected chi connectivity index (χ1v) is 12.4. The maximum absolute atomic E-state index is 12.5. The number of rotatable bonds is 9. The molecule has 1 saturated heterocycles. The molecule has 1 saturated carbocycles. The highest BCUT2D eigenvalue weighted by Crippen LogP contribution is 2.44. The number of aliphatic hydroxyl groups excluding tert-OH is 1. The van der Waals surface area contributed by atoms with Gasteiger partial charge < -0.3 is 10.4 Å². The highest BCUT2D eigenvalue weighted by atomic mass is 16.3. The Bertz CT molecular complexity index is 914. The minimum absolute atomic E-state index is 0.0502. The number of hydrogen-bond donors (Lipinski definition) is 2. The number of aliphatic hydroxyl groups is 1. The quantitative estimate of drug-likeness (QED) is 0.612. The van der Waals surface area contributed by atoms with Gasteiger partial charge in [0.1, 0.15) is 0 Å². The van der Waals surface area contributed by atoms with Crippen LogP contribution in [0.25, 0.3) is 0 Å². The van der Waals surface area contributed by atoms with Gasteiger partial charge in [-0.2, -0.15) is 0 Å². The summed E-state index contributed by atoms with van der Waals surface area (Å²) >= 11 is 0. The number of nitrogens with one attached hydrogen (secondary N) is 1. The van der Waals surface area contributed by atoms with Gasteiger partial charge in [-0.05, 0) is 68.6 Å². The van der Waals surface area contributed by atoms with Crippen molar-refractivity contribution in [3.63, 3.8) is 0 Å². The lowest BCUT2D eigenvalue weighted by atomic mass is 10.0. The zero-order valence-electron chi connectivity index (χ0n) is 20.4. The van der Waals surface area contributed by atoms with Gasteiger partial charge in [-0.3, -0.25) is 14.6 Å². The van der Waals surface area contributed by atoms with Crippen LogP contribution in [0.1, 0.15) is 35.1 Å². The van der Waals surface area contributed by atoms with Gasteiger partial charge in [-0.1, -0.05) is 48.0 Å². The minimum atomic E-state index is -0.253. The minimum Gasteiger partial charge on any atom is -0.392 e. The number of anilines is 1. The van der Waals surface area contributed by atoms with Gasteiger partial charge in [0, 0.05) is 38.4 Å². The molecule has 2 aromatic carbocycles. The molecular weight excluding hydrogens is 410 g/mol. The molecule has 0 spiro atoms. The number of nitrogens with zero attached hydrogens (tertiary/aromatic N) is 2. The van der Waals surface area contributed by atoms with Crippen molar-refractivity contribution in [3.05, 3.63) is 64.7 Å². The van der Waals surface area contributed by atoms with Crippen molar-refractivity contribution in [2.75, 3.05) is 44.6 Å². The van der Waals surface area contributed by atoms with E-state index in [1.165, 1.54) is 17.5 Å². The van der Waals surface area contributed by atoms with Gasteiger partial charge in [0.05, 0.1) is 12.6 Å². The Kier molecular flexibility index (Phi) is 7.84. The van der Waals surface area contributed by atoms with E-state index in [9.17, 15) is 9.90 Å². The monoisotopic (exact) mass is 449 g/mol. The van der Waals surface area contributed by atoms with E-state index in [0.29, 0.717) is 12.5 Å². The molecule has 5 heteroatoms. The third-order valence-corrected chi connectivity index (χ3v) is 7.31. The third-order valence-electron chi connectivity index (χ3n) is 7.31. The lowest BCUT2D eigenvalue weighted by molar-refractivity contribution is -0.117. The summed E-state index contributed by atoms with van der Waals surface area (Å²) in [7, 11) is 0. The van der Waals surface area contributed by atoms with Crippen LogP contribution in [0.3, 0.4) is 0 Å². The fraction of sp³-hybridized carbons (Fsp3) is 0.536. The Morgan fingerprint density at radius 1 is 0.970 bits per heavy atom. The Hall–Kier alpha value is -2.21. The SMILES string of the molecule is Cc1ccc(CC2CC2CC(O)CN2CCN(CC(=O)Nc3c(C)cccc3C)CC2)cc1. The first kappa shape index (κ1) is 23.9. The molecule has 4 rings (SSSR count). The van der Waals surface area contributed by atoms with Gasteiger partial charge in [0.2, 0.25) is 5.91 Å². The first-order chi connectivity index (χ1) is 15.9. The highest BCUT2D eigenvalue weighted by Gasteiger charge is 2.38. The molecule has 1 aliphatic heterocycles. The molecule has 1 aliphatic carbocycles. The topological polar surface area (TPSA) is 55.8 Å². The van der Waals surface area contributed by atoms with Crippen LogP contribution in [-0.2, 0) is 11.2 Å². The third kappa shape index (κ3) is 6.89. The largest absolute Gasteiger partial charge is 0.392 e. The lowest BCUT2D eigenvalue weighted by Gasteiger charge is -2.35. The fourth-order valence-corrected chi connectivity index (χ4v) is 5.12. The number of amides is 1. The zero-order valence-corrected chi connectivity index (χ0v) is 20.4. The lowest BCUT2D eigenvalue weighted by Crippen LogP contribution is -2.50. The van der Waals surface area contributed by atoms with E-state index in [2.05, 4.69) is 46.3 Å². The van der Waals surface area contributed by atoms with Gasteiger partial charge >= 0.3 is 0 Å². The molecule has 33 heavy (non-hydrogen) atoms. The number of carbonyl (C=O) groups is 1. The number of aryl methyl sites for hydroxylation is 3. The van der Waals surface area contributed by atoms with Crippen LogP contribution in [0.5, 0.6) is 0 Å². The number of benzene rings is 2. The Labute approximate surface area is 198 Å². The average molecular weight is 450 g/mol. The molecule has 2 aromatic rings. The molecule has 0 bridgehead atoms. The molecule has 5 nitrogen and oxygen atoms in total. The molecule has 2 aliphatic rings. The molecule has 0 radical (unpaired) electrons. The summed E-state index contributed by atoms with van der Waals surface area (Å²) < 4.78 is 0. The molecule has 1 heterocycles. The van der Waals surface area contributed by atoms with E-state index in [0.717, 1.165) is 68.3 Å². The van der Waals surface area contributed by atoms with Crippen LogP contribution >= 0.6 is 0 Å². The van der Waals surface area contributed by atoms with Crippen molar-refractivity contribution in [3.8, 4) is 0 Å². The van der Waals surface area contributed by atoms with Gasteiger partial charge in [-0.25, -0.2) is 0 Å². The van der Waals surface area contributed by atoms with Crippen molar-refractivity contribution < 1.29 is 9.90 Å². The smallest absolute Gasteiger partial charge is 0.238 e. The van der Waals surface area contributed by atoms with Gasteiger partial charge in [0.15, 0.2) is 0 Å². The molecule has 2 N–H and O–H groups in total. The van der Waals surface area contributed by atoms with Crippen molar-refractivity contribution in [2.24, 2.45) is 11.8 Å².